The Morgan fingerprint density at radius 1 is 1.00 bits per heavy atom. The molecule has 2 aromatic carbocycles. The summed E-state index contributed by atoms with van der Waals surface area (Å²) < 4.78 is 2.11. The lowest BCUT2D eigenvalue weighted by Gasteiger charge is -2.13. The Hall–Kier alpha value is -2.70. The molecule has 0 aliphatic rings. The number of thiophene rings is 1. The van der Waals surface area contributed by atoms with E-state index >= 15 is 0 Å². The first-order valence-electron chi connectivity index (χ1n) is 9.96. The van der Waals surface area contributed by atoms with Gasteiger partial charge in [0.05, 0.1) is 16.7 Å². The number of thioether (sulfide) groups is 1. The molecule has 0 saturated heterocycles. The number of hydrogen-bond acceptors (Lipinski definition) is 5. The third-order valence-corrected chi connectivity index (χ3v) is 6.89. The number of aryl methyl sites for hydroxylation is 1. The first-order valence-corrected chi connectivity index (χ1v) is 11.7. The van der Waals surface area contributed by atoms with E-state index in [0.29, 0.717) is 6.54 Å². The van der Waals surface area contributed by atoms with Crippen molar-refractivity contribution in [3.8, 4) is 10.7 Å². The largest absolute Gasteiger partial charge is 0.297 e. The minimum Gasteiger partial charge on any atom is -0.297 e. The van der Waals surface area contributed by atoms with Gasteiger partial charge in [-0.2, -0.15) is 0 Å². The quantitative estimate of drug-likeness (QED) is 0.253. The van der Waals surface area contributed by atoms with Crippen LogP contribution in [0.5, 0.6) is 0 Å². The van der Waals surface area contributed by atoms with Gasteiger partial charge in [0.15, 0.2) is 16.8 Å². The highest BCUT2D eigenvalue weighted by Crippen LogP contribution is 2.31. The maximum atomic E-state index is 13.0. The Bertz CT molecular complexity index is 1100. The lowest BCUT2D eigenvalue weighted by Crippen LogP contribution is -2.15. The van der Waals surface area contributed by atoms with Crippen LogP contribution in [-0.4, -0.2) is 25.8 Å². The number of rotatable bonds is 8. The summed E-state index contributed by atoms with van der Waals surface area (Å²) in [7, 11) is 0. The van der Waals surface area contributed by atoms with Crippen molar-refractivity contribution in [1.82, 2.24) is 14.8 Å². The lowest BCUT2D eigenvalue weighted by atomic mass is 10.1. The monoisotopic (exact) mass is 433 g/mol. The highest BCUT2D eigenvalue weighted by Gasteiger charge is 2.22. The molecule has 0 radical (unpaired) electrons. The molecule has 2 heterocycles. The molecule has 0 spiro atoms. The minimum absolute atomic E-state index is 0.106. The van der Waals surface area contributed by atoms with Crippen molar-refractivity contribution in [2.75, 3.05) is 0 Å². The van der Waals surface area contributed by atoms with Crippen LogP contribution in [0.15, 0.2) is 77.3 Å². The van der Waals surface area contributed by atoms with Gasteiger partial charge in [-0.1, -0.05) is 79.3 Å². The van der Waals surface area contributed by atoms with E-state index in [2.05, 4.69) is 39.9 Å². The SMILES string of the molecule is CCc1ccc(C(=O)C(C)Sc2nnc(-c3cccs3)n2Cc2ccccc2)cc1. The Balaban J connectivity index is 1.60. The molecule has 0 aliphatic heterocycles. The van der Waals surface area contributed by atoms with E-state index in [0.717, 1.165) is 27.8 Å². The highest BCUT2D eigenvalue weighted by molar-refractivity contribution is 8.00. The molecule has 4 rings (SSSR count). The molecule has 2 aromatic heterocycles. The number of Topliss-reactive ketones (excluding diaryl/α,β-unsaturated/α-hetero) is 1. The first kappa shape index (κ1) is 20.6. The summed E-state index contributed by atoms with van der Waals surface area (Å²) in [6, 6.07) is 22.2. The van der Waals surface area contributed by atoms with Crippen molar-refractivity contribution in [1.29, 1.82) is 0 Å². The van der Waals surface area contributed by atoms with Crippen LogP contribution in [0.4, 0.5) is 0 Å². The van der Waals surface area contributed by atoms with Gasteiger partial charge >= 0.3 is 0 Å². The first-order chi connectivity index (χ1) is 14.7. The molecule has 6 heteroatoms. The smallest absolute Gasteiger partial charge is 0.192 e. The fourth-order valence-corrected chi connectivity index (χ4v) is 4.87. The Morgan fingerprint density at radius 2 is 1.77 bits per heavy atom. The molecule has 1 atom stereocenters. The van der Waals surface area contributed by atoms with Gasteiger partial charge in [-0.25, -0.2) is 0 Å². The Labute approximate surface area is 185 Å². The number of aromatic nitrogens is 3. The van der Waals surface area contributed by atoms with E-state index in [9.17, 15) is 4.79 Å². The van der Waals surface area contributed by atoms with Gasteiger partial charge in [0.2, 0.25) is 0 Å². The second-order valence-electron chi connectivity index (χ2n) is 7.03. The van der Waals surface area contributed by atoms with Crippen LogP contribution in [0.25, 0.3) is 10.7 Å². The van der Waals surface area contributed by atoms with Crippen LogP contribution in [0, 0.1) is 0 Å². The van der Waals surface area contributed by atoms with E-state index < -0.39 is 0 Å². The summed E-state index contributed by atoms with van der Waals surface area (Å²) in [4.78, 5) is 14.0. The van der Waals surface area contributed by atoms with Gasteiger partial charge in [-0.15, -0.1) is 21.5 Å². The van der Waals surface area contributed by atoms with Gasteiger partial charge in [-0.05, 0) is 35.9 Å². The van der Waals surface area contributed by atoms with E-state index in [1.54, 1.807) is 11.3 Å². The number of ketones is 1. The average molecular weight is 434 g/mol. The summed E-state index contributed by atoms with van der Waals surface area (Å²) in [5.41, 5.74) is 3.14. The van der Waals surface area contributed by atoms with E-state index in [4.69, 9.17) is 0 Å². The molecule has 4 nitrogen and oxygen atoms in total. The molecule has 0 bridgehead atoms. The van der Waals surface area contributed by atoms with Crippen LogP contribution in [-0.2, 0) is 13.0 Å². The summed E-state index contributed by atoms with van der Waals surface area (Å²) in [5, 5.41) is 11.4. The van der Waals surface area contributed by atoms with Gasteiger partial charge in [-0.3, -0.25) is 9.36 Å². The molecule has 0 amide bonds. The van der Waals surface area contributed by atoms with Crippen molar-refractivity contribution in [2.24, 2.45) is 0 Å². The summed E-state index contributed by atoms with van der Waals surface area (Å²) in [6.07, 6.45) is 0.965. The molecule has 30 heavy (non-hydrogen) atoms. The average Bonchev–Trinajstić information content (AvgIpc) is 3.44. The van der Waals surface area contributed by atoms with Gasteiger partial charge in [0, 0.05) is 5.56 Å². The molecule has 0 N–H and O–H groups in total. The summed E-state index contributed by atoms with van der Waals surface area (Å²) >= 11 is 3.10. The Kier molecular flexibility index (Phi) is 6.45. The molecular weight excluding hydrogens is 410 g/mol. The van der Waals surface area contributed by atoms with Crippen LogP contribution in [0.2, 0.25) is 0 Å². The normalized spacial score (nSPS) is 12.1. The van der Waals surface area contributed by atoms with Crippen molar-refractivity contribution in [2.45, 2.75) is 37.2 Å². The molecular formula is C24H23N3OS2. The lowest BCUT2D eigenvalue weighted by molar-refractivity contribution is 0.0994. The number of carbonyl (C=O) groups excluding carboxylic acids is 1. The number of benzene rings is 2. The minimum atomic E-state index is -0.257. The molecule has 152 valence electrons. The Morgan fingerprint density at radius 3 is 2.43 bits per heavy atom. The van der Waals surface area contributed by atoms with Crippen molar-refractivity contribution in [3.05, 3.63) is 88.8 Å². The molecule has 0 saturated carbocycles. The predicted octanol–water partition coefficient (Wildman–Crippen LogP) is 5.98. The third kappa shape index (κ3) is 4.55. The zero-order valence-electron chi connectivity index (χ0n) is 17.0. The maximum Gasteiger partial charge on any atom is 0.192 e. The van der Waals surface area contributed by atoms with Crippen LogP contribution in [0.1, 0.15) is 35.3 Å². The topological polar surface area (TPSA) is 47.8 Å². The second kappa shape index (κ2) is 9.41. The second-order valence-corrected chi connectivity index (χ2v) is 9.29. The van der Waals surface area contributed by atoms with Crippen molar-refractivity contribution in [3.63, 3.8) is 0 Å². The molecule has 1 unspecified atom stereocenters. The third-order valence-electron chi connectivity index (χ3n) is 4.94. The summed E-state index contributed by atoms with van der Waals surface area (Å²) in [5.74, 6) is 0.942. The predicted molar refractivity (Wildman–Crippen MR) is 124 cm³/mol. The summed E-state index contributed by atoms with van der Waals surface area (Å²) in [6.45, 7) is 4.71. The van der Waals surface area contributed by atoms with Gasteiger partial charge in [0.1, 0.15) is 0 Å². The number of hydrogen-bond donors (Lipinski definition) is 0. The molecule has 0 fully saturated rings. The zero-order valence-corrected chi connectivity index (χ0v) is 18.6. The van der Waals surface area contributed by atoms with Gasteiger partial charge < -0.3 is 0 Å². The van der Waals surface area contributed by atoms with E-state index in [1.165, 1.54) is 22.9 Å². The van der Waals surface area contributed by atoms with Crippen LogP contribution >= 0.6 is 23.1 Å². The van der Waals surface area contributed by atoms with E-state index in [1.807, 2.05) is 60.8 Å². The van der Waals surface area contributed by atoms with Crippen LogP contribution in [0.3, 0.4) is 0 Å². The van der Waals surface area contributed by atoms with Crippen LogP contribution < -0.4 is 0 Å². The van der Waals surface area contributed by atoms with E-state index in [-0.39, 0.29) is 11.0 Å². The maximum absolute atomic E-state index is 13.0. The van der Waals surface area contributed by atoms with Crippen molar-refractivity contribution < 1.29 is 4.79 Å². The van der Waals surface area contributed by atoms with Gasteiger partial charge in [0.25, 0.3) is 0 Å². The molecule has 4 aromatic rings. The van der Waals surface area contributed by atoms with Crippen molar-refractivity contribution >= 4 is 28.9 Å². The number of carbonyl (C=O) groups is 1. The fourth-order valence-electron chi connectivity index (χ4n) is 3.22. The highest BCUT2D eigenvalue weighted by atomic mass is 32.2. The fraction of sp³-hybridized carbons (Fsp3) is 0.208. The zero-order chi connectivity index (χ0) is 20.9. The standard InChI is InChI=1S/C24H23N3OS2/c1-3-18-11-13-20(14-12-18)22(28)17(2)30-24-26-25-23(21-10-7-15-29-21)27(24)16-19-8-5-4-6-9-19/h4-15,17H,3,16H2,1-2H3. The molecule has 0 aliphatic carbocycles. The number of nitrogens with zero attached hydrogens (tertiary/aromatic N) is 3.